The van der Waals surface area contributed by atoms with Gasteiger partial charge in [0, 0.05) is 5.73 Å². The topological polar surface area (TPSA) is 20.2 Å². The van der Waals surface area contributed by atoms with Gasteiger partial charge >= 0.3 is 0 Å². The molecule has 0 aliphatic carbocycles. The van der Waals surface area contributed by atoms with Crippen LogP contribution in [-0.4, -0.2) is 18.9 Å². The molecule has 0 spiro atoms. The molecular weight excluding hydrogens is 140 g/mol. The monoisotopic (exact) mass is 158 g/mol. The second-order valence-corrected chi connectivity index (χ2v) is 9.37. The zero-order chi connectivity index (χ0) is 7.78. The maximum Gasteiger partial charge on any atom is 0.0815 e. The van der Waals surface area contributed by atoms with E-state index in [9.17, 15) is 5.11 Å². The van der Waals surface area contributed by atoms with Crippen LogP contribution in [0.2, 0.25) is 19.1 Å². The normalized spacial score (nSPS) is 39.6. The van der Waals surface area contributed by atoms with Crippen LogP contribution >= 0.6 is 0 Å². The fraction of sp³-hybridized carbons (Fsp3) is 1.00. The maximum absolute atomic E-state index is 9.77. The van der Waals surface area contributed by atoms with E-state index in [0.29, 0.717) is 5.92 Å². The molecule has 2 heteroatoms. The van der Waals surface area contributed by atoms with Crippen LogP contribution in [-0.2, 0) is 0 Å². The molecule has 10 heavy (non-hydrogen) atoms. The van der Waals surface area contributed by atoms with Crippen molar-refractivity contribution in [2.45, 2.75) is 44.6 Å². The predicted molar refractivity (Wildman–Crippen MR) is 46.7 cm³/mol. The molecule has 0 amide bonds. The van der Waals surface area contributed by atoms with Crippen molar-refractivity contribution in [1.29, 1.82) is 0 Å². The molecular formula is C8H18OSi. The maximum atomic E-state index is 9.77. The molecule has 1 saturated heterocycles. The summed E-state index contributed by atoms with van der Waals surface area (Å²) in [7, 11) is -1.20. The number of rotatable bonds is 0. The van der Waals surface area contributed by atoms with Gasteiger partial charge in [0.15, 0.2) is 0 Å². The Morgan fingerprint density at radius 1 is 1.40 bits per heavy atom. The molecule has 1 rings (SSSR count). The van der Waals surface area contributed by atoms with E-state index in [1.54, 1.807) is 0 Å². The van der Waals surface area contributed by atoms with Gasteiger partial charge < -0.3 is 5.11 Å². The third-order valence-corrected chi connectivity index (χ3v) is 6.63. The van der Waals surface area contributed by atoms with E-state index in [1.807, 2.05) is 0 Å². The molecule has 60 valence electrons. The molecule has 0 saturated carbocycles. The second kappa shape index (κ2) is 2.66. The standard InChI is InChI=1S/C8H18OSi/c1-7-5-4-6-10(2,3)8(7)9/h7-9H,4-6H2,1-3H3. The summed E-state index contributed by atoms with van der Waals surface area (Å²) in [6, 6.07) is 1.32. The smallest absolute Gasteiger partial charge is 0.0815 e. The molecule has 0 bridgehead atoms. The first-order valence-electron chi connectivity index (χ1n) is 4.22. The van der Waals surface area contributed by atoms with E-state index >= 15 is 0 Å². The van der Waals surface area contributed by atoms with Crippen molar-refractivity contribution in [2.24, 2.45) is 5.92 Å². The van der Waals surface area contributed by atoms with E-state index in [2.05, 4.69) is 20.0 Å². The Labute approximate surface area is 64.5 Å². The molecule has 1 aliphatic heterocycles. The van der Waals surface area contributed by atoms with Crippen molar-refractivity contribution >= 4 is 8.07 Å². The Morgan fingerprint density at radius 3 is 2.40 bits per heavy atom. The van der Waals surface area contributed by atoms with Crippen LogP contribution in [0.4, 0.5) is 0 Å². The minimum absolute atomic E-state index is 0.0567. The number of aliphatic hydroxyl groups excluding tert-OH is 1. The van der Waals surface area contributed by atoms with Crippen molar-refractivity contribution in [1.82, 2.24) is 0 Å². The highest BCUT2D eigenvalue weighted by atomic mass is 28.3. The van der Waals surface area contributed by atoms with E-state index in [-0.39, 0.29) is 5.73 Å². The zero-order valence-corrected chi connectivity index (χ0v) is 8.22. The third kappa shape index (κ3) is 1.43. The summed E-state index contributed by atoms with van der Waals surface area (Å²) < 4.78 is 0. The van der Waals surface area contributed by atoms with Crippen molar-refractivity contribution < 1.29 is 5.11 Å². The quantitative estimate of drug-likeness (QED) is 0.535. The Morgan fingerprint density at radius 2 is 2.00 bits per heavy atom. The fourth-order valence-electron chi connectivity index (χ4n) is 1.96. The lowest BCUT2D eigenvalue weighted by atomic mass is 10.1. The van der Waals surface area contributed by atoms with Crippen LogP contribution in [0.5, 0.6) is 0 Å². The summed E-state index contributed by atoms with van der Waals surface area (Å²) in [5.41, 5.74) is 0.0567. The van der Waals surface area contributed by atoms with Crippen molar-refractivity contribution in [3.05, 3.63) is 0 Å². The first-order chi connectivity index (χ1) is 4.54. The molecule has 2 atom stereocenters. The van der Waals surface area contributed by atoms with E-state index in [1.165, 1.54) is 18.9 Å². The molecule has 1 aliphatic rings. The minimum Gasteiger partial charge on any atom is -0.396 e. The van der Waals surface area contributed by atoms with Gasteiger partial charge in [-0.1, -0.05) is 32.5 Å². The van der Waals surface area contributed by atoms with Gasteiger partial charge in [-0.25, -0.2) is 0 Å². The Hall–Kier alpha value is 0.177. The second-order valence-electron chi connectivity index (χ2n) is 4.30. The third-order valence-electron chi connectivity index (χ3n) is 2.82. The highest BCUT2D eigenvalue weighted by Crippen LogP contribution is 2.31. The van der Waals surface area contributed by atoms with Crippen molar-refractivity contribution in [3.63, 3.8) is 0 Å². The first-order valence-corrected chi connectivity index (χ1v) is 7.50. The van der Waals surface area contributed by atoms with Crippen molar-refractivity contribution in [3.8, 4) is 0 Å². The Kier molecular flexibility index (Phi) is 2.20. The van der Waals surface area contributed by atoms with Crippen LogP contribution in [0.25, 0.3) is 0 Å². The van der Waals surface area contributed by atoms with Gasteiger partial charge in [0.2, 0.25) is 0 Å². The number of hydrogen-bond donors (Lipinski definition) is 1. The SMILES string of the molecule is CC1CCC[Si](C)(C)C1O. The van der Waals surface area contributed by atoms with Crippen LogP contribution in [0.15, 0.2) is 0 Å². The lowest BCUT2D eigenvalue weighted by Crippen LogP contribution is -2.48. The lowest BCUT2D eigenvalue weighted by molar-refractivity contribution is 0.165. The summed E-state index contributed by atoms with van der Waals surface area (Å²) in [5, 5.41) is 9.77. The molecule has 1 fully saturated rings. The molecule has 0 aromatic rings. The minimum atomic E-state index is -1.20. The molecule has 1 heterocycles. The van der Waals surface area contributed by atoms with E-state index < -0.39 is 8.07 Å². The summed E-state index contributed by atoms with van der Waals surface area (Å²) in [6.07, 6.45) is 2.58. The van der Waals surface area contributed by atoms with Gasteiger partial charge in [-0.2, -0.15) is 0 Å². The van der Waals surface area contributed by atoms with Gasteiger partial charge in [0.1, 0.15) is 0 Å². The summed E-state index contributed by atoms with van der Waals surface area (Å²) in [6.45, 7) is 6.78. The molecule has 0 radical (unpaired) electrons. The van der Waals surface area contributed by atoms with Gasteiger partial charge in [0.05, 0.1) is 8.07 Å². The van der Waals surface area contributed by atoms with Gasteiger partial charge in [-0.3, -0.25) is 0 Å². The van der Waals surface area contributed by atoms with Crippen LogP contribution in [0.3, 0.4) is 0 Å². The zero-order valence-electron chi connectivity index (χ0n) is 7.22. The van der Waals surface area contributed by atoms with E-state index in [4.69, 9.17) is 0 Å². The molecule has 2 unspecified atom stereocenters. The molecule has 0 aromatic carbocycles. The van der Waals surface area contributed by atoms with Crippen LogP contribution < -0.4 is 0 Å². The number of hydrogen-bond acceptors (Lipinski definition) is 1. The average Bonchev–Trinajstić information content (AvgIpc) is 1.83. The van der Waals surface area contributed by atoms with Gasteiger partial charge in [0.25, 0.3) is 0 Å². The van der Waals surface area contributed by atoms with Crippen LogP contribution in [0.1, 0.15) is 19.8 Å². The summed E-state index contributed by atoms with van der Waals surface area (Å²) >= 11 is 0. The predicted octanol–water partition coefficient (Wildman–Crippen LogP) is 2.02. The number of aliphatic hydroxyl groups is 1. The Balaban J connectivity index is 2.60. The van der Waals surface area contributed by atoms with Gasteiger partial charge in [-0.15, -0.1) is 0 Å². The summed E-state index contributed by atoms with van der Waals surface area (Å²) in [5.74, 6) is 0.565. The van der Waals surface area contributed by atoms with Crippen molar-refractivity contribution in [2.75, 3.05) is 0 Å². The molecule has 1 nitrogen and oxygen atoms in total. The largest absolute Gasteiger partial charge is 0.396 e. The Bertz CT molecular complexity index is 122. The van der Waals surface area contributed by atoms with Crippen LogP contribution in [0, 0.1) is 5.92 Å². The van der Waals surface area contributed by atoms with E-state index in [0.717, 1.165) is 0 Å². The highest BCUT2D eigenvalue weighted by molar-refractivity contribution is 6.78. The highest BCUT2D eigenvalue weighted by Gasteiger charge is 2.36. The molecule has 1 N–H and O–H groups in total. The molecule has 0 aromatic heterocycles. The first kappa shape index (κ1) is 8.28. The lowest BCUT2D eigenvalue weighted by Gasteiger charge is -2.37. The summed E-state index contributed by atoms with van der Waals surface area (Å²) in [4.78, 5) is 0. The van der Waals surface area contributed by atoms with Gasteiger partial charge in [-0.05, 0) is 12.3 Å². The average molecular weight is 158 g/mol. The fourth-order valence-corrected chi connectivity index (χ4v) is 5.07.